The van der Waals surface area contributed by atoms with Gasteiger partial charge in [0.25, 0.3) is 10.0 Å². The van der Waals surface area contributed by atoms with Gasteiger partial charge < -0.3 is 10.2 Å². The normalized spacial score (nSPS) is 14.5. The zero-order chi connectivity index (χ0) is 28.0. The molecule has 1 aliphatic carbocycles. The minimum Gasteiger partial charge on any atom is -0.352 e. The van der Waals surface area contributed by atoms with Crippen molar-refractivity contribution in [3.8, 4) is 0 Å². The largest absolute Gasteiger partial charge is 0.352 e. The fraction of sp³-hybridized carbons (Fsp3) is 0.355. The molecule has 7 nitrogen and oxygen atoms in total. The Kier molecular flexibility index (Phi) is 9.07. The standard InChI is InChI=1S/C31H37N3O4S/c1-23-18-19-29(24(2)20-23)34(39(37,38)28-16-8-5-9-17-28)22-30(35)33(21-26-12-6-4-7-13-26)25(3)31(36)32-27-14-10-11-15-27/h4-9,12-13,16-20,25,27H,10-11,14-15,21-22H2,1-3H3,(H,32,36)/t25-/m0/s1. The van der Waals surface area contributed by atoms with Gasteiger partial charge in [-0.3, -0.25) is 13.9 Å². The summed E-state index contributed by atoms with van der Waals surface area (Å²) in [6, 6.07) is 22.3. The lowest BCUT2D eigenvalue weighted by molar-refractivity contribution is -0.139. The summed E-state index contributed by atoms with van der Waals surface area (Å²) in [6.45, 7) is 5.22. The Bertz CT molecular complexity index is 1390. The third-order valence-corrected chi connectivity index (χ3v) is 9.07. The molecule has 3 aromatic rings. The molecule has 1 saturated carbocycles. The Morgan fingerprint density at radius 1 is 0.923 bits per heavy atom. The Morgan fingerprint density at radius 2 is 1.54 bits per heavy atom. The van der Waals surface area contributed by atoms with Crippen molar-refractivity contribution in [1.82, 2.24) is 10.2 Å². The van der Waals surface area contributed by atoms with E-state index in [1.165, 1.54) is 21.3 Å². The van der Waals surface area contributed by atoms with Crippen LogP contribution in [0.25, 0.3) is 0 Å². The maximum atomic E-state index is 14.0. The van der Waals surface area contributed by atoms with Crippen molar-refractivity contribution < 1.29 is 18.0 Å². The highest BCUT2D eigenvalue weighted by Gasteiger charge is 2.33. The van der Waals surface area contributed by atoms with Gasteiger partial charge in [-0.05, 0) is 62.9 Å². The number of hydrogen-bond acceptors (Lipinski definition) is 4. The summed E-state index contributed by atoms with van der Waals surface area (Å²) in [6.07, 6.45) is 4.02. The average Bonchev–Trinajstić information content (AvgIpc) is 3.44. The second kappa shape index (κ2) is 12.5. The van der Waals surface area contributed by atoms with Crippen LogP contribution in [0, 0.1) is 13.8 Å². The number of aryl methyl sites for hydroxylation is 2. The summed E-state index contributed by atoms with van der Waals surface area (Å²) in [5.74, 6) is -0.678. The van der Waals surface area contributed by atoms with Gasteiger partial charge in [0.15, 0.2) is 0 Å². The molecule has 0 heterocycles. The predicted octanol–water partition coefficient (Wildman–Crippen LogP) is 4.97. The molecule has 0 radical (unpaired) electrons. The Hall–Kier alpha value is -3.65. The first-order valence-corrected chi connectivity index (χ1v) is 14.9. The highest BCUT2D eigenvalue weighted by molar-refractivity contribution is 7.92. The van der Waals surface area contributed by atoms with E-state index < -0.39 is 28.5 Å². The maximum Gasteiger partial charge on any atom is 0.264 e. The van der Waals surface area contributed by atoms with Crippen LogP contribution in [0.1, 0.15) is 49.3 Å². The molecule has 0 aliphatic heterocycles. The van der Waals surface area contributed by atoms with E-state index in [4.69, 9.17) is 0 Å². The number of nitrogens with zero attached hydrogens (tertiary/aromatic N) is 2. The van der Waals surface area contributed by atoms with Crippen LogP contribution in [0.4, 0.5) is 5.69 Å². The van der Waals surface area contributed by atoms with Gasteiger partial charge in [-0.2, -0.15) is 0 Å². The number of nitrogens with one attached hydrogen (secondary N) is 1. The van der Waals surface area contributed by atoms with E-state index in [-0.39, 0.29) is 23.4 Å². The average molecular weight is 548 g/mol. The fourth-order valence-electron chi connectivity index (χ4n) is 5.07. The van der Waals surface area contributed by atoms with Gasteiger partial charge in [0.1, 0.15) is 12.6 Å². The molecule has 0 spiro atoms. The van der Waals surface area contributed by atoms with E-state index >= 15 is 0 Å². The first-order chi connectivity index (χ1) is 18.7. The fourth-order valence-corrected chi connectivity index (χ4v) is 6.57. The summed E-state index contributed by atoms with van der Waals surface area (Å²) in [4.78, 5) is 28.9. The Morgan fingerprint density at radius 3 is 2.15 bits per heavy atom. The van der Waals surface area contributed by atoms with Crippen LogP contribution in [-0.2, 0) is 26.2 Å². The summed E-state index contributed by atoms with van der Waals surface area (Å²) in [7, 11) is -4.07. The number of sulfonamides is 1. The minimum absolute atomic E-state index is 0.0967. The monoisotopic (exact) mass is 547 g/mol. The van der Waals surface area contributed by atoms with Crippen LogP contribution in [0.3, 0.4) is 0 Å². The van der Waals surface area contributed by atoms with Crippen molar-refractivity contribution in [2.24, 2.45) is 0 Å². The lowest BCUT2D eigenvalue weighted by Gasteiger charge is -2.33. The molecule has 1 fully saturated rings. The molecule has 0 saturated heterocycles. The van der Waals surface area contributed by atoms with Crippen molar-refractivity contribution in [2.75, 3.05) is 10.8 Å². The van der Waals surface area contributed by atoms with E-state index in [1.807, 2.05) is 56.3 Å². The topological polar surface area (TPSA) is 86.8 Å². The van der Waals surface area contributed by atoms with E-state index in [2.05, 4.69) is 5.32 Å². The highest BCUT2D eigenvalue weighted by Crippen LogP contribution is 2.28. The molecule has 1 atom stereocenters. The van der Waals surface area contributed by atoms with E-state index in [0.717, 1.165) is 42.4 Å². The van der Waals surface area contributed by atoms with Crippen LogP contribution in [0.15, 0.2) is 83.8 Å². The lowest BCUT2D eigenvalue weighted by atomic mass is 10.1. The smallest absolute Gasteiger partial charge is 0.264 e. The molecular formula is C31H37N3O4S. The zero-order valence-electron chi connectivity index (χ0n) is 22.8. The van der Waals surface area contributed by atoms with Crippen molar-refractivity contribution in [1.29, 1.82) is 0 Å². The molecule has 1 N–H and O–H groups in total. The molecule has 0 bridgehead atoms. The van der Waals surface area contributed by atoms with Crippen LogP contribution in [0.5, 0.6) is 0 Å². The number of carbonyl (C=O) groups is 2. The molecule has 3 aromatic carbocycles. The maximum absolute atomic E-state index is 14.0. The summed E-state index contributed by atoms with van der Waals surface area (Å²) in [5.41, 5.74) is 3.02. The molecule has 0 unspecified atom stereocenters. The number of rotatable bonds is 10. The Labute approximate surface area is 231 Å². The van der Waals surface area contributed by atoms with Gasteiger partial charge in [0.2, 0.25) is 11.8 Å². The number of anilines is 1. The molecule has 2 amide bonds. The number of benzene rings is 3. The van der Waals surface area contributed by atoms with E-state index in [0.29, 0.717) is 5.69 Å². The molecule has 1 aliphatic rings. The molecule has 206 valence electrons. The van der Waals surface area contributed by atoms with Gasteiger partial charge in [-0.25, -0.2) is 8.42 Å². The molecule has 0 aromatic heterocycles. The van der Waals surface area contributed by atoms with Gasteiger partial charge >= 0.3 is 0 Å². The van der Waals surface area contributed by atoms with Crippen molar-refractivity contribution >= 4 is 27.5 Å². The van der Waals surface area contributed by atoms with Gasteiger partial charge in [0.05, 0.1) is 10.6 Å². The highest BCUT2D eigenvalue weighted by atomic mass is 32.2. The van der Waals surface area contributed by atoms with Crippen molar-refractivity contribution in [3.63, 3.8) is 0 Å². The third kappa shape index (κ3) is 6.87. The summed E-state index contributed by atoms with van der Waals surface area (Å²) < 4.78 is 29.0. The van der Waals surface area contributed by atoms with Crippen LogP contribution in [-0.4, -0.2) is 43.8 Å². The SMILES string of the molecule is Cc1ccc(N(CC(=O)N(Cc2ccccc2)[C@@H](C)C(=O)NC2CCCC2)S(=O)(=O)c2ccccc2)c(C)c1. The zero-order valence-corrected chi connectivity index (χ0v) is 23.7. The third-order valence-electron chi connectivity index (χ3n) is 7.30. The number of amides is 2. The quantitative estimate of drug-likeness (QED) is 0.388. The van der Waals surface area contributed by atoms with Gasteiger partial charge in [0, 0.05) is 12.6 Å². The Balaban J connectivity index is 1.69. The van der Waals surface area contributed by atoms with E-state index in [9.17, 15) is 18.0 Å². The van der Waals surface area contributed by atoms with Gasteiger partial charge in [-0.15, -0.1) is 0 Å². The lowest BCUT2D eigenvalue weighted by Crippen LogP contribution is -2.52. The minimum atomic E-state index is -4.07. The second-order valence-corrected chi connectivity index (χ2v) is 12.2. The van der Waals surface area contributed by atoms with Crippen LogP contribution < -0.4 is 9.62 Å². The summed E-state index contributed by atoms with van der Waals surface area (Å²) in [5, 5.41) is 3.09. The van der Waals surface area contributed by atoms with Gasteiger partial charge in [-0.1, -0.05) is 79.1 Å². The molecule has 39 heavy (non-hydrogen) atoms. The number of carbonyl (C=O) groups excluding carboxylic acids is 2. The molecular weight excluding hydrogens is 510 g/mol. The van der Waals surface area contributed by atoms with Crippen molar-refractivity contribution in [3.05, 3.63) is 95.6 Å². The first-order valence-electron chi connectivity index (χ1n) is 13.5. The van der Waals surface area contributed by atoms with Crippen LogP contribution in [0.2, 0.25) is 0 Å². The first kappa shape index (κ1) is 28.4. The number of hydrogen-bond donors (Lipinski definition) is 1. The molecule has 4 rings (SSSR count). The second-order valence-electron chi connectivity index (χ2n) is 10.3. The van der Waals surface area contributed by atoms with E-state index in [1.54, 1.807) is 31.2 Å². The molecule has 8 heteroatoms. The predicted molar refractivity (Wildman–Crippen MR) is 154 cm³/mol. The summed E-state index contributed by atoms with van der Waals surface area (Å²) >= 11 is 0. The van der Waals surface area contributed by atoms with Crippen LogP contribution >= 0.6 is 0 Å². The van der Waals surface area contributed by atoms with Crippen molar-refractivity contribution in [2.45, 2.75) is 70.0 Å².